The van der Waals surface area contributed by atoms with Crippen LogP contribution in [0.25, 0.3) is 22.3 Å². The SMILES string of the molecule is Cn1nc(C(F)(F)F)cc1-c1c2c(nn1C)CN(C(=O)c1c[nH]c3cccc(F)c13)CC2. The number of fused-ring (bicyclic) bond motifs is 2. The first-order chi connectivity index (χ1) is 15.1. The quantitative estimate of drug-likeness (QED) is 0.478. The van der Waals surface area contributed by atoms with Crippen LogP contribution in [-0.4, -0.2) is 41.9 Å². The normalized spacial score (nSPS) is 14.2. The van der Waals surface area contributed by atoms with Gasteiger partial charge >= 0.3 is 6.18 Å². The fourth-order valence-electron chi connectivity index (χ4n) is 4.32. The van der Waals surface area contributed by atoms with E-state index in [0.717, 1.165) is 11.6 Å². The molecule has 0 fully saturated rings. The number of hydrogen-bond donors (Lipinski definition) is 1. The number of nitrogens with one attached hydrogen (secondary N) is 1. The summed E-state index contributed by atoms with van der Waals surface area (Å²) in [5.41, 5.74) is 2.00. The molecule has 5 rings (SSSR count). The van der Waals surface area contributed by atoms with Crippen molar-refractivity contribution in [3.63, 3.8) is 0 Å². The second-order valence-corrected chi connectivity index (χ2v) is 7.78. The van der Waals surface area contributed by atoms with Gasteiger partial charge in [-0.15, -0.1) is 0 Å². The number of amides is 1. The second kappa shape index (κ2) is 6.94. The molecule has 32 heavy (non-hydrogen) atoms. The smallest absolute Gasteiger partial charge is 0.360 e. The number of halogens is 4. The fraction of sp³-hybridized carbons (Fsp3) is 0.286. The number of H-pyrrole nitrogens is 1. The topological polar surface area (TPSA) is 71.7 Å². The molecule has 11 heteroatoms. The number of hydrogen-bond acceptors (Lipinski definition) is 3. The number of aromatic amines is 1. The highest BCUT2D eigenvalue weighted by Gasteiger charge is 2.36. The molecule has 1 amide bonds. The van der Waals surface area contributed by atoms with Gasteiger partial charge in [-0.2, -0.15) is 23.4 Å². The molecule has 4 heterocycles. The lowest BCUT2D eigenvalue weighted by atomic mass is 10.0. The second-order valence-electron chi connectivity index (χ2n) is 7.78. The number of rotatable bonds is 2. The molecular formula is C21H18F4N6O. The van der Waals surface area contributed by atoms with E-state index in [4.69, 9.17) is 0 Å². The summed E-state index contributed by atoms with van der Waals surface area (Å²) in [7, 11) is 3.10. The fourth-order valence-corrected chi connectivity index (χ4v) is 4.32. The maximum Gasteiger partial charge on any atom is 0.435 e. The molecule has 1 aromatic carbocycles. The van der Waals surface area contributed by atoms with Crippen molar-refractivity contribution in [1.29, 1.82) is 0 Å². The van der Waals surface area contributed by atoms with Gasteiger partial charge in [0.2, 0.25) is 0 Å². The Hall–Kier alpha value is -3.63. The maximum absolute atomic E-state index is 14.3. The van der Waals surface area contributed by atoms with Crippen LogP contribution in [0.15, 0.2) is 30.5 Å². The largest absolute Gasteiger partial charge is 0.435 e. The zero-order valence-electron chi connectivity index (χ0n) is 17.2. The highest BCUT2D eigenvalue weighted by atomic mass is 19.4. The summed E-state index contributed by atoms with van der Waals surface area (Å²) < 4.78 is 56.3. The highest BCUT2D eigenvalue weighted by molar-refractivity contribution is 6.07. The number of benzene rings is 1. The third-order valence-electron chi connectivity index (χ3n) is 5.79. The van der Waals surface area contributed by atoms with Crippen molar-refractivity contribution >= 4 is 16.8 Å². The van der Waals surface area contributed by atoms with Crippen molar-refractivity contribution in [2.75, 3.05) is 6.54 Å². The van der Waals surface area contributed by atoms with Crippen molar-refractivity contribution in [3.05, 3.63) is 58.8 Å². The Balaban J connectivity index is 1.48. The van der Waals surface area contributed by atoms with Crippen LogP contribution in [0.4, 0.5) is 17.6 Å². The van der Waals surface area contributed by atoms with Gasteiger partial charge in [0, 0.05) is 43.3 Å². The van der Waals surface area contributed by atoms with Crippen molar-refractivity contribution < 1.29 is 22.4 Å². The zero-order valence-corrected chi connectivity index (χ0v) is 17.2. The molecule has 0 aliphatic carbocycles. The van der Waals surface area contributed by atoms with Gasteiger partial charge in [0.15, 0.2) is 5.69 Å². The monoisotopic (exact) mass is 446 g/mol. The van der Waals surface area contributed by atoms with E-state index in [0.29, 0.717) is 35.6 Å². The highest BCUT2D eigenvalue weighted by Crippen LogP contribution is 2.35. The minimum Gasteiger partial charge on any atom is -0.360 e. The van der Waals surface area contributed by atoms with E-state index in [1.54, 1.807) is 24.1 Å². The third kappa shape index (κ3) is 3.07. The van der Waals surface area contributed by atoms with Crippen molar-refractivity contribution in [1.82, 2.24) is 29.4 Å². The van der Waals surface area contributed by atoms with Crippen LogP contribution in [0.1, 0.15) is 27.3 Å². The molecule has 1 N–H and O–H groups in total. The molecular weight excluding hydrogens is 428 g/mol. The van der Waals surface area contributed by atoms with E-state index in [9.17, 15) is 22.4 Å². The van der Waals surface area contributed by atoms with Crippen LogP contribution in [0.2, 0.25) is 0 Å². The average Bonchev–Trinajstić information content (AvgIpc) is 3.41. The van der Waals surface area contributed by atoms with E-state index in [1.807, 2.05) is 0 Å². The lowest BCUT2D eigenvalue weighted by Crippen LogP contribution is -2.36. The van der Waals surface area contributed by atoms with E-state index in [2.05, 4.69) is 15.2 Å². The molecule has 0 radical (unpaired) electrons. The van der Waals surface area contributed by atoms with Crippen LogP contribution < -0.4 is 0 Å². The van der Waals surface area contributed by atoms with Crippen LogP contribution in [-0.2, 0) is 33.2 Å². The van der Waals surface area contributed by atoms with E-state index in [-0.39, 0.29) is 23.4 Å². The van der Waals surface area contributed by atoms with Gasteiger partial charge in [-0.05, 0) is 24.6 Å². The molecule has 7 nitrogen and oxygen atoms in total. The average molecular weight is 446 g/mol. The first-order valence-electron chi connectivity index (χ1n) is 9.86. The predicted octanol–water partition coefficient (Wildman–Crippen LogP) is 3.66. The zero-order chi connectivity index (χ0) is 22.8. The Morgan fingerprint density at radius 3 is 2.66 bits per heavy atom. The molecule has 0 atom stereocenters. The minimum atomic E-state index is -4.55. The Morgan fingerprint density at radius 1 is 1.16 bits per heavy atom. The molecule has 0 spiro atoms. The standard InChI is InChI=1S/C21H18F4N6O/c1-29-16(8-17(28-29)21(23,24)25)19-11-6-7-31(10-15(11)27-30(19)2)20(32)12-9-26-14-5-3-4-13(22)18(12)14/h3-5,8-9,26H,6-7,10H2,1-2H3. The number of alkyl halides is 3. The molecule has 0 bridgehead atoms. The van der Waals surface area contributed by atoms with Gasteiger partial charge in [0.1, 0.15) is 5.82 Å². The summed E-state index contributed by atoms with van der Waals surface area (Å²) in [5.74, 6) is -0.819. The molecule has 166 valence electrons. The number of nitrogens with zero attached hydrogens (tertiary/aromatic N) is 5. The molecule has 0 saturated heterocycles. The molecule has 1 aliphatic heterocycles. The van der Waals surface area contributed by atoms with Gasteiger partial charge in [-0.25, -0.2) is 4.39 Å². The minimum absolute atomic E-state index is 0.174. The molecule has 0 unspecified atom stereocenters. The first kappa shape index (κ1) is 20.3. The third-order valence-corrected chi connectivity index (χ3v) is 5.79. The van der Waals surface area contributed by atoms with Crippen molar-refractivity contribution in [2.24, 2.45) is 14.1 Å². The Morgan fingerprint density at radius 2 is 1.94 bits per heavy atom. The molecule has 0 saturated carbocycles. The van der Waals surface area contributed by atoms with E-state index < -0.39 is 17.7 Å². The lowest BCUT2D eigenvalue weighted by molar-refractivity contribution is -0.141. The summed E-state index contributed by atoms with van der Waals surface area (Å²) >= 11 is 0. The van der Waals surface area contributed by atoms with Gasteiger partial charge < -0.3 is 9.88 Å². The summed E-state index contributed by atoms with van der Waals surface area (Å²) in [6, 6.07) is 5.56. The van der Waals surface area contributed by atoms with E-state index in [1.165, 1.54) is 28.7 Å². The Kier molecular flexibility index (Phi) is 4.40. The number of aromatic nitrogens is 5. The van der Waals surface area contributed by atoms with Crippen molar-refractivity contribution in [2.45, 2.75) is 19.1 Å². The Labute approximate surface area is 179 Å². The first-order valence-corrected chi connectivity index (χ1v) is 9.86. The summed E-state index contributed by atoms with van der Waals surface area (Å²) in [4.78, 5) is 17.6. The van der Waals surface area contributed by atoms with Gasteiger partial charge in [0.25, 0.3) is 5.91 Å². The number of carbonyl (C=O) groups excluding carboxylic acids is 1. The van der Waals surface area contributed by atoms with Crippen molar-refractivity contribution in [3.8, 4) is 11.4 Å². The lowest BCUT2D eigenvalue weighted by Gasteiger charge is -2.26. The summed E-state index contributed by atoms with van der Waals surface area (Å²) in [6.45, 7) is 0.503. The predicted molar refractivity (Wildman–Crippen MR) is 107 cm³/mol. The van der Waals surface area contributed by atoms with Gasteiger partial charge in [-0.1, -0.05) is 6.07 Å². The van der Waals surface area contributed by atoms with Crippen LogP contribution in [0, 0.1) is 5.82 Å². The molecule has 4 aromatic rings. The number of aryl methyl sites for hydroxylation is 2. The molecule has 1 aliphatic rings. The molecule has 3 aromatic heterocycles. The summed E-state index contributed by atoms with van der Waals surface area (Å²) in [6.07, 6.45) is -2.65. The number of carbonyl (C=O) groups is 1. The van der Waals surface area contributed by atoms with Crippen LogP contribution in [0.3, 0.4) is 0 Å². The van der Waals surface area contributed by atoms with E-state index >= 15 is 0 Å². The Bertz CT molecular complexity index is 1360. The summed E-state index contributed by atoms with van der Waals surface area (Å²) in [5, 5.41) is 8.28. The maximum atomic E-state index is 14.3. The van der Waals surface area contributed by atoms with Crippen LogP contribution in [0.5, 0.6) is 0 Å². The van der Waals surface area contributed by atoms with Gasteiger partial charge in [-0.3, -0.25) is 14.2 Å². The van der Waals surface area contributed by atoms with Crippen LogP contribution >= 0.6 is 0 Å². The van der Waals surface area contributed by atoms with Gasteiger partial charge in [0.05, 0.1) is 29.2 Å².